The van der Waals surface area contributed by atoms with Crippen LogP contribution in [0.5, 0.6) is 0 Å². The minimum atomic E-state index is 0.202. The lowest BCUT2D eigenvalue weighted by molar-refractivity contribution is 0.205. The number of hydrogen-bond acceptors (Lipinski definition) is 7. The van der Waals surface area contributed by atoms with E-state index in [1.165, 1.54) is 11.5 Å². The highest BCUT2D eigenvalue weighted by Crippen LogP contribution is 2.16. The number of nitrogens with zero attached hydrogens (tertiary/aromatic N) is 4. The molecule has 0 unspecified atom stereocenters. The third-order valence-electron chi connectivity index (χ3n) is 2.12. The molecule has 96 valence electrons. The van der Waals surface area contributed by atoms with E-state index in [-0.39, 0.29) is 5.84 Å². The van der Waals surface area contributed by atoms with Gasteiger partial charge in [-0.15, -0.1) is 0 Å². The molecular formula is C9H17N5O2S. The first-order valence-corrected chi connectivity index (χ1v) is 5.95. The van der Waals surface area contributed by atoms with Gasteiger partial charge in [0.15, 0.2) is 0 Å². The summed E-state index contributed by atoms with van der Waals surface area (Å²) in [4.78, 5) is 6.31. The van der Waals surface area contributed by atoms with Crippen molar-refractivity contribution < 1.29 is 9.94 Å². The summed E-state index contributed by atoms with van der Waals surface area (Å²) in [5, 5.41) is 12.3. The van der Waals surface area contributed by atoms with Crippen molar-refractivity contribution in [3.63, 3.8) is 0 Å². The van der Waals surface area contributed by atoms with Crippen molar-refractivity contribution in [3.05, 3.63) is 5.82 Å². The van der Waals surface area contributed by atoms with Crippen molar-refractivity contribution in [1.82, 2.24) is 9.36 Å². The lowest BCUT2D eigenvalue weighted by Crippen LogP contribution is -2.31. The van der Waals surface area contributed by atoms with Gasteiger partial charge in [0.05, 0.1) is 6.61 Å². The van der Waals surface area contributed by atoms with E-state index < -0.39 is 0 Å². The van der Waals surface area contributed by atoms with E-state index >= 15 is 0 Å². The Bertz CT molecular complexity index is 368. The molecule has 0 aromatic carbocycles. The molecule has 17 heavy (non-hydrogen) atoms. The van der Waals surface area contributed by atoms with Crippen molar-refractivity contribution in [2.45, 2.75) is 13.3 Å². The second-order valence-corrected chi connectivity index (χ2v) is 4.18. The molecule has 0 aliphatic rings. The average molecular weight is 259 g/mol. The number of ether oxygens (including phenoxy) is 1. The van der Waals surface area contributed by atoms with E-state index in [0.717, 1.165) is 11.0 Å². The number of aryl methyl sites for hydroxylation is 1. The Labute approximate surface area is 104 Å². The fourth-order valence-electron chi connectivity index (χ4n) is 1.22. The number of oxime groups is 1. The Balaban J connectivity index is 2.60. The number of methoxy groups -OCH3 is 1. The summed E-state index contributed by atoms with van der Waals surface area (Å²) in [5.74, 6) is 0.949. The van der Waals surface area contributed by atoms with Crippen molar-refractivity contribution >= 4 is 22.5 Å². The zero-order valence-electron chi connectivity index (χ0n) is 9.96. The Morgan fingerprint density at radius 2 is 2.35 bits per heavy atom. The van der Waals surface area contributed by atoms with Crippen LogP contribution in [-0.4, -0.2) is 47.2 Å². The fourth-order valence-corrected chi connectivity index (χ4v) is 1.94. The average Bonchev–Trinajstić information content (AvgIpc) is 2.75. The van der Waals surface area contributed by atoms with Crippen molar-refractivity contribution in [2.24, 2.45) is 10.9 Å². The van der Waals surface area contributed by atoms with Crippen LogP contribution in [0.3, 0.4) is 0 Å². The largest absolute Gasteiger partial charge is 0.409 e. The molecule has 8 heteroatoms. The highest BCUT2D eigenvalue weighted by molar-refractivity contribution is 7.09. The summed E-state index contributed by atoms with van der Waals surface area (Å²) in [6, 6.07) is 0. The molecule has 1 rings (SSSR count). The molecule has 3 N–H and O–H groups in total. The SMILES string of the molecule is COCCN(CCC(N)=NO)c1nc(C)ns1. The van der Waals surface area contributed by atoms with Crippen LogP contribution in [0.15, 0.2) is 5.16 Å². The molecule has 0 saturated heterocycles. The van der Waals surface area contributed by atoms with E-state index in [1.807, 2.05) is 11.8 Å². The smallest absolute Gasteiger partial charge is 0.205 e. The Kier molecular flexibility index (Phi) is 5.64. The first-order valence-electron chi connectivity index (χ1n) is 5.18. The molecule has 1 aromatic heterocycles. The minimum Gasteiger partial charge on any atom is -0.409 e. The second kappa shape index (κ2) is 7.02. The Morgan fingerprint density at radius 3 is 2.88 bits per heavy atom. The van der Waals surface area contributed by atoms with Crippen LogP contribution in [0, 0.1) is 6.92 Å². The second-order valence-electron chi connectivity index (χ2n) is 3.45. The molecule has 1 aromatic rings. The molecule has 7 nitrogen and oxygen atoms in total. The third kappa shape index (κ3) is 4.53. The molecule has 0 aliphatic carbocycles. The van der Waals surface area contributed by atoms with E-state index in [9.17, 15) is 0 Å². The minimum absolute atomic E-state index is 0.202. The molecule has 1 heterocycles. The number of amidine groups is 1. The molecule has 0 bridgehead atoms. The van der Waals surface area contributed by atoms with Crippen molar-refractivity contribution in [3.8, 4) is 0 Å². The fraction of sp³-hybridized carbons (Fsp3) is 0.667. The first-order chi connectivity index (χ1) is 8.17. The number of anilines is 1. The van der Waals surface area contributed by atoms with E-state index in [0.29, 0.717) is 26.1 Å². The van der Waals surface area contributed by atoms with Crippen LogP contribution in [0.1, 0.15) is 12.2 Å². The normalized spacial score (nSPS) is 11.8. The van der Waals surface area contributed by atoms with Gasteiger partial charge in [-0.05, 0) is 6.92 Å². The summed E-state index contributed by atoms with van der Waals surface area (Å²) >= 11 is 1.33. The Hall–Kier alpha value is -1.41. The maximum atomic E-state index is 8.49. The topological polar surface area (TPSA) is 96.9 Å². The number of rotatable bonds is 7. The lowest BCUT2D eigenvalue weighted by atomic mass is 10.3. The molecule has 0 aliphatic heterocycles. The highest BCUT2D eigenvalue weighted by Gasteiger charge is 2.11. The highest BCUT2D eigenvalue weighted by atomic mass is 32.1. The van der Waals surface area contributed by atoms with Gasteiger partial charge in [-0.2, -0.15) is 4.37 Å². The zero-order chi connectivity index (χ0) is 12.7. The maximum Gasteiger partial charge on any atom is 0.205 e. The lowest BCUT2D eigenvalue weighted by Gasteiger charge is -2.20. The maximum absolute atomic E-state index is 8.49. The van der Waals surface area contributed by atoms with E-state index in [4.69, 9.17) is 15.7 Å². The molecular weight excluding hydrogens is 242 g/mol. The molecule has 0 amide bonds. The number of aromatic nitrogens is 2. The van der Waals surface area contributed by atoms with Gasteiger partial charge in [-0.3, -0.25) is 0 Å². The van der Waals surface area contributed by atoms with Gasteiger partial charge in [0.1, 0.15) is 11.7 Å². The van der Waals surface area contributed by atoms with Crippen LogP contribution in [-0.2, 0) is 4.74 Å². The van der Waals surface area contributed by atoms with Crippen molar-refractivity contribution in [2.75, 3.05) is 31.7 Å². The molecule has 0 spiro atoms. The van der Waals surface area contributed by atoms with Gasteiger partial charge in [0, 0.05) is 38.2 Å². The standard InChI is InChI=1S/C9H17N5O2S/c1-7-11-9(17-13-7)14(5-6-16-2)4-3-8(10)12-15/h15H,3-6H2,1-2H3,(H2,10,12). The molecule has 0 radical (unpaired) electrons. The molecule has 0 fully saturated rings. The summed E-state index contributed by atoms with van der Waals surface area (Å²) in [6.07, 6.45) is 0.471. The molecule has 0 atom stereocenters. The summed E-state index contributed by atoms with van der Waals surface area (Å²) in [5.41, 5.74) is 5.44. The number of hydrogen-bond donors (Lipinski definition) is 2. The van der Waals surface area contributed by atoms with Gasteiger partial charge in [-0.25, -0.2) is 4.98 Å². The van der Waals surface area contributed by atoms with E-state index in [1.54, 1.807) is 7.11 Å². The summed E-state index contributed by atoms with van der Waals surface area (Å²) in [6.45, 7) is 3.75. The monoisotopic (exact) mass is 259 g/mol. The van der Waals surface area contributed by atoms with Gasteiger partial charge >= 0.3 is 0 Å². The summed E-state index contributed by atoms with van der Waals surface area (Å²) < 4.78 is 9.17. The van der Waals surface area contributed by atoms with Crippen LogP contribution in [0.4, 0.5) is 5.13 Å². The zero-order valence-corrected chi connectivity index (χ0v) is 10.8. The summed E-state index contributed by atoms with van der Waals surface area (Å²) in [7, 11) is 1.65. The van der Waals surface area contributed by atoms with Crippen LogP contribution in [0.2, 0.25) is 0 Å². The van der Waals surface area contributed by atoms with Gasteiger partial charge < -0.3 is 20.6 Å². The number of nitrogens with two attached hydrogens (primary N) is 1. The van der Waals surface area contributed by atoms with Gasteiger partial charge in [0.2, 0.25) is 5.13 Å². The van der Waals surface area contributed by atoms with E-state index in [2.05, 4.69) is 14.5 Å². The van der Waals surface area contributed by atoms with Crippen LogP contribution < -0.4 is 10.6 Å². The molecule has 0 saturated carbocycles. The van der Waals surface area contributed by atoms with Gasteiger partial charge in [-0.1, -0.05) is 5.16 Å². The predicted octanol–water partition coefficient (Wildman–Crippen LogP) is 0.436. The Morgan fingerprint density at radius 1 is 1.59 bits per heavy atom. The van der Waals surface area contributed by atoms with Gasteiger partial charge in [0.25, 0.3) is 0 Å². The van der Waals surface area contributed by atoms with Crippen LogP contribution in [0.25, 0.3) is 0 Å². The third-order valence-corrected chi connectivity index (χ3v) is 2.99. The first kappa shape index (κ1) is 13.7. The quantitative estimate of drug-likeness (QED) is 0.319. The predicted molar refractivity (Wildman–Crippen MR) is 66.8 cm³/mol. The van der Waals surface area contributed by atoms with Crippen LogP contribution >= 0.6 is 11.5 Å². The van der Waals surface area contributed by atoms with Crippen molar-refractivity contribution in [1.29, 1.82) is 0 Å².